The lowest BCUT2D eigenvalue weighted by Crippen LogP contribution is -2.56. The number of hydrogen-bond donors (Lipinski definition) is 6. The van der Waals surface area contributed by atoms with Crippen molar-refractivity contribution in [3.8, 4) is 0 Å². The van der Waals surface area contributed by atoms with E-state index in [0.29, 0.717) is 0 Å². The molecule has 1 aromatic rings. The number of ether oxygens (including phenoxy) is 2. The molecule has 3 saturated heterocycles. The molecule has 0 saturated carbocycles. The molecule has 7 N–H and O–H groups in total. The maximum absolute atomic E-state index is 13.5. The Morgan fingerprint density at radius 3 is 2.42 bits per heavy atom. The molecule has 3 fully saturated rings. The van der Waals surface area contributed by atoms with Crippen molar-refractivity contribution in [1.29, 1.82) is 0 Å². The number of nitrogens with one attached hydrogen (secondary N) is 1. The number of nitrogens with two attached hydrogens (primary N) is 1. The quantitative estimate of drug-likeness (QED) is 0.255. The molecule has 0 aromatic carbocycles. The molecule has 0 spiro atoms. The van der Waals surface area contributed by atoms with Gasteiger partial charge in [0.05, 0.1) is 19.3 Å². The first-order valence-corrected chi connectivity index (χ1v) is 10.1. The van der Waals surface area contributed by atoms with Crippen LogP contribution in [0.3, 0.4) is 0 Å². The minimum Gasteiger partial charge on any atom is -0.394 e. The van der Waals surface area contributed by atoms with Gasteiger partial charge in [-0.1, -0.05) is 0 Å². The number of aliphatic hydroxyl groups excluding tert-OH is 4. The van der Waals surface area contributed by atoms with Crippen molar-refractivity contribution in [2.45, 2.75) is 55.9 Å². The summed E-state index contributed by atoms with van der Waals surface area (Å²) in [4.78, 5) is 38.5. The first-order valence-electron chi connectivity index (χ1n) is 10.1. The maximum atomic E-state index is 13.5. The summed E-state index contributed by atoms with van der Waals surface area (Å²) in [5.41, 5.74) is 4.65. The predicted molar refractivity (Wildman–Crippen MR) is 106 cm³/mol. The fraction of sp³-hybridized carbons (Fsp3) is 0.667. The third-order valence-electron chi connectivity index (χ3n) is 5.37. The smallest absolute Gasteiger partial charge is 0.351 e. The van der Waals surface area contributed by atoms with E-state index in [1.54, 1.807) is 0 Å². The number of alkyl halides is 1. The fourth-order valence-corrected chi connectivity index (χ4v) is 3.64. The molecule has 3 aliphatic rings. The predicted octanol–water partition coefficient (Wildman–Crippen LogP) is -3.19. The number of carbonyl (C=O) groups excluding carboxylic acids is 2. The van der Waals surface area contributed by atoms with Crippen LogP contribution in [0.2, 0.25) is 0 Å². The third-order valence-corrected chi connectivity index (χ3v) is 5.37. The van der Waals surface area contributed by atoms with Gasteiger partial charge in [-0.25, -0.2) is 14.0 Å². The molecule has 0 unspecified atom stereocenters. The Balaban J connectivity index is 0.000000186. The highest BCUT2D eigenvalue weighted by atomic mass is 19.1. The molecule has 4 rings (SSSR count). The highest BCUT2D eigenvalue weighted by Gasteiger charge is 2.47. The van der Waals surface area contributed by atoms with Gasteiger partial charge >= 0.3 is 11.7 Å². The molecular formula is C18H26FN5O9. The molecule has 4 heterocycles. The van der Waals surface area contributed by atoms with Gasteiger partial charge in [0.25, 0.3) is 0 Å². The molecule has 7 atom stereocenters. The SMILES string of the molecule is Nc1ccn([C@@H]2O[C@H](CO)C[C@@H]2F)c(=O)n1.O=C1CCN([C@@H]2O[C@H](CO)[C@@H](O)[C@H]2O)C(=O)N1. The van der Waals surface area contributed by atoms with Crippen LogP contribution in [-0.2, 0) is 14.3 Å². The normalized spacial score (nSPS) is 34.1. The summed E-state index contributed by atoms with van der Waals surface area (Å²) in [7, 11) is 0. The van der Waals surface area contributed by atoms with Crippen LogP contribution in [-0.4, -0.2) is 103 Å². The summed E-state index contributed by atoms with van der Waals surface area (Å²) in [5, 5.41) is 39.1. The molecule has 14 nitrogen and oxygen atoms in total. The van der Waals surface area contributed by atoms with Gasteiger partial charge in [-0.15, -0.1) is 0 Å². The second kappa shape index (κ2) is 10.5. The molecule has 1 aromatic heterocycles. The number of nitrogen functional groups attached to an aromatic ring is 1. The average molecular weight is 475 g/mol. The van der Waals surface area contributed by atoms with Crippen molar-refractivity contribution in [3.63, 3.8) is 0 Å². The van der Waals surface area contributed by atoms with Crippen LogP contribution in [0.5, 0.6) is 0 Å². The molecule has 15 heteroatoms. The van der Waals surface area contributed by atoms with E-state index < -0.39 is 67.3 Å². The van der Waals surface area contributed by atoms with Crippen LogP contribution < -0.4 is 16.7 Å². The zero-order chi connectivity index (χ0) is 24.3. The molecule has 0 bridgehead atoms. The Labute approximate surface area is 186 Å². The molecule has 3 aliphatic heterocycles. The van der Waals surface area contributed by atoms with Crippen molar-refractivity contribution in [1.82, 2.24) is 19.8 Å². The van der Waals surface area contributed by atoms with Crippen LogP contribution in [0.15, 0.2) is 17.1 Å². The number of nitrogens with zero attached hydrogens (tertiary/aromatic N) is 3. The average Bonchev–Trinajstić information content (AvgIpc) is 3.28. The third kappa shape index (κ3) is 5.45. The highest BCUT2D eigenvalue weighted by molar-refractivity contribution is 5.96. The molecule has 3 amide bonds. The molecule has 33 heavy (non-hydrogen) atoms. The zero-order valence-corrected chi connectivity index (χ0v) is 17.4. The number of imide groups is 1. The Bertz CT molecular complexity index is 918. The lowest BCUT2D eigenvalue weighted by atomic mass is 10.1. The van der Waals surface area contributed by atoms with E-state index >= 15 is 0 Å². The monoisotopic (exact) mass is 475 g/mol. The first kappa shape index (κ1) is 24.9. The number of aliphatic hydroxyl groups is 4. The van der Waals surface area contributed by atoms with Gasteiger partial charge in [-0.3, -0.25) is 19.6 Å². The van der Waals surface area contributed by atoms with Gasteiger partial charge in [0.15, 0.2) is 12.5 Å². The van der Waals surface area contributed by atoms with Crippen molar-refractivity contribution in [3.05, 3.63) is 22.7 Å². The van der Waals surface area contributed by atoms with E-state index in [9.17, 15) is 29.0 Å². The van der Waals surface area contributed by atoms with Gasteiger partial charge in [-0.2, -0.15) is 4.98 Å². The van der Waals surface area contributed by atoms with Crippen molar-refractivity contribution < 1.29 is 43.9 Å². The van der Waals surface area contributed by atoms with Crippen LogP contribution in [0.25, 0.3) is 0 Å². The second-order valence-corrected chi connectivity index (χ2v) is 7.65. The van der Waals surface area contributed by atoms with Crippen molar-refractivity contribution in [2.75, 3.05) is 25.5 Å². The van der Waals surface area contributed by atoms with E-state index in [-0.39, 0.29) is 31.8 Å². The van der Waals surface area contributed by atoms with E-state index in [2.05, 4.69) is 10.3 Å². The Hall–Kier alpha value is -2.69. The van der Waals surface area contributed by atoms with Gasteiger partial charge in [0, 0.05) is 25.6 Å². The summed E-state index contributed by atoms with van der Waals surface area (Å²) < 4.78 is 24.9. The molecule has 184 valence electrons. The first-order chi connectivity index (χ1) is 15.7. The Morgan fingerprint density at radius 1 is 1.15 bits per heavy atom. The van der Waals surface area contributed by atoms with Crippen LogP contribution >= 0.6 is 0 Å². The summed E-state index contributed by atoms with van der Waals surface area (Å²) >= 11 is 0. The van der Waals surface area contributed by atoms with E-state index in [4.69, 9.17) is 25.4 Å². The number of rotatable bonds is 4. The largest absolute Gasteiger partial charge is 0.394 e. The minimum atomic E-state index is -1.33. The van der Waals surface area contributed by atoms with Gasteiger partial charge < -0.3 is 35.6 Å². The number of hydrogen-bond acceptors (Lipinski definition) is 11. The highest BCUT2D eigenvalue weighted by Crippen LogP contribution is 2.30. The minimum absolute atomic E-state index is 0.0674. The summed E-state index contributed by atoms with van der Waals surface area (Å²) in [6, 6.07) is 0.722. The lowest BCUT2D eigenvalue weighted by Gasteiger charge is -2.32. The molecule has 0 aliphatic carbocycles. The number of urea groups is 1. The number of amides is 3. The molecular weight excluding hydrogens is 449 g/mol. The van der Waals surface area contributed by atoms with Crippen LogP contribution in [0.1, 0.15) is 19.1 Å². The maximum Gasteiger partial charge on any atom is 0.351 e. The summed E-state index contributed by atoms with van der Waals surface area (Å²) in [5.74, 6) is -0.314. The second-order valence-electron chi connectivity index (χ2n) is 7.65. The number of carbonyl (C=O) groups is 2. The number of anilines is 1. The Kier molecular flexibility index (Phi) is 7.93. The van der Waals surface area contributed by atoms with E-state index in [0.717, 1.165) is 9.47 Å². The topological polar surface area (TPSA) is 210 Å². The van der Waals surface area contributed by atoms with Crippen LogP contribution in [0, 0.1) is 0 Å². The number of aromatic nitrogens is 2. The summed E-state index contributed by atoms with van der Waals surface area (Å²) in [6.45, 7) is -0.617. The van der Waals surface area contributed by atoms with E-state index in [1.165, 1.54) is 12.3 Å². The molecule has 0 radical (unpaired) electrons. The Morgan fingerprint density at radius 2 is 1.88 bits per heavy atom. The van der Waals surface area contributed by atoms with Crippen molar-refractivity contribution in [2.24, 2.45) is 0 Å². The zero-order valence-electron chi connectivity index (χ0n) is 17.4. The lowest BCUT2D eigenvalue weighted by molar-refractivity contribution is -0.125. The fourth-order valence-electron chi connectivity index (χ4n) is 3.64. The van der Waals surface area contributed by atoms with Crippen LogP contribution in [0.4, 0.5) is 15.0 Å². The van der Waals surface area contributed by atoms with E-state index in [1.807, 2.05) is 0 Å². The van der Waals surface area contributed by atoms with Crippen molar-refractivity contribution >= 4 is 17.8 Å². The standard InChI is InChI=1S/C9H12FN3O3.C9H14N2O6/c10-6-3-5(4-14)16-8(6)13-2-1-7(11)12-9(13)15;12-3-4-6(14)7(15)8(17-4)11-2-1-5(13)10-9(11)16/h1-2,5-6,8,14H,3-4H2,(H2,11,12,15);4,6-8,12,14-15H,1-3H2,(H,10,13,16)/t5-,6-,8+;4-,6-,7-,8-/m01/s1. The summed E-state index contributed by atoms with van der Waals surface area (Å²) in [6.07, 6.45) is -5.96. The van der Waals surface area contributed by atoms with Gasteiger partial charge in [0.1, 0.15) is 30.3 Å². The number of halogens is 1. The van der Waals surface area contributed by atoms with Gasteiger partial charge in [-0.05, 0) is 6.07 Å². The van der Waals surface area contributed by atoms with Gasteiger partial charge in [0.2, 0.25) is 5.91 Å².